The Kier molecular flexibility index (Phi) is 4.05. The van der Waals surface area contributed by atoms with Gasteiger partial charge in [-0.1, -0.05) is 6.42 Å². The van der Waals surface area contributed by atoms with Crippen LogP contribution in [0.2, 0.25) is 0 Å². The second kappa shape index (κ2) is 5.82. The number of ether oxygens (including phenoxy) is 2. The van der Waals surface area contributed by atoms with E-state index in [2.05, 4.69) is 4.72 Å². The van der Waals surface area contributed by atoms with E-state index < -0.39 is 10.0 Å². The molecule has 1 aliphatic heterocycles. The highest BCUT2D eigenvalue weighted by Gasteiger charge is 2.31. The van der Waals surface area contributed by atoms with Gasteiger partial charge in [-0.2, -0.15) is 0 Å². The van der Waals surface area contributed by atoms with Gasteiger partial charge in [-0.05, 0) is 30.9 Å². The van der Waals surface area contributed by atoms with Gasteiger partial charge < -0.3 is 14.6 Å². The van der Waals surface area contributed by atoms with E-state index in [4.69, 9.17) is 9.47 Å². The standard InChI is InChI=1S/C14H19NO5S/c16-9-10-2-1-3-12(10)15-21(17,18)11-4-5-13-14(8-11)20-7-6-19-13/h4-5,8,10,12,15-16H,1-3,6-7,9H2. The number of benzene rings is 1. The zero-order valence-electron chi connectivity index (χ0n) is 11.6. The molecule has 1 fully saturated rings. The maximum Gasteiger partial charge on any atom is 0.240 e. The Hall–Kier alpha value is -1.31. The molecule has 6 nitrogen and oxygen atoms in total. The summed E-state index contributed by atoms with van der Waals surface area (Å²) < 4.78 is 38.4. The lowest BCUT2D eigenvalue weighted by atomic mass is 10.1. The minimum atomic E-state index is -3.62. The fourth-order valence-corrected chi connectivity index (χ4v) is 4.22. The van der Waals surface area contributed by atoms with E-state index in [0.717, 1.165) is 19.3 Å². The lowest BCUT2D eigenvalue weighted by Gasteiger charge is -2.21. The first-order valence-electron chi connectivity index (χ1n) is 7.13. The number of nitrogens with one attached hydrogen (secondary N) is 1. The Morgan fingerprint density at radius 3 is 2.71 bits per heavy atom. The van der Waals surface area contributed by atoms with Crippen molar-refractivity contribution in [1.82, 2.24) is 4.72 Å². The van der Waals surface area contributed by atoms with Crippen LogP contribution < -0.4 is 14.2 Å². The van der Waals surface area contributed by atoms with Gasteiger partial charge in [0.2, 0.25) is 10.0 Å². The van der Waals surface area contributed by atoms with Gasteiger partial charge in [-0.15, -0.1) is 0 Å². The lowest BCUT2D eigenvalue weighted by molar-refractivity contribution is 0.171. The molecule has 2 unspecified atom stereocenters. The molecule has 0 saturated heterocycles. The number of aliphatic hydroxyl groups is 1. The molecule has 1 aliphatic carbocycles. The van der Waals surface area contributed by atoms with Crippen LogP contribution in [0.25, 0.3) is 0 Å². The second-order valence-electron chi connectivity index (χ2n) is 5.41. The normalized spacial score (nSPS) is 25.0. The van der Waals surface area contributed by atoms with Crippen LogP contribution in [-0.2, 0) is 10.0 Å². The number of hydrogen-bond acceptors (Lipinski definition) is 5. The minimum Gasteiger partial charge on any atom is -0.486 e. The third-order valence-electron chi connectivity index (χ3n) is 4.02. The van der Waals surface area contributed by atoms with E-state index in [1.165, 1.54) is 12.1 Å². The summed E-state index contributed by atoms with van der Waals surface area (Å²) in [5, 5.41) is 9.29. The Labute approximate surface area is 124 Å². The highest BCUT2D eigenvalue weighted by Crippen LogP contribution is 2.33. The molecular formula is C14H19NO5S. The second-order valence-corrected chi connectivity index (χ2v) is 7.12. The molecule has 0 aromatic heterocycles. The average Bonchev–Trinajstić information content (AvgIpc) is 2.93. The molecule has 2 N–H and O–H groups in total. The highest BCUT2D eigenvalue weighted by atomic mass is 32.2. The van der Waals surface area contributed by atoms with Crippen molar-refractivity contribution in [1.29, 1.82) is 0 Å². The Balaban J connectivity index is 1.81. The fraction of sp³-hybridized carbons (Fsp3) is 0.571. The summed E-state index contributed by atoms with van der Waals surface area (Å²) in [5.41, 5.74) is 0. The van der Waals surface area contributed by atoms with E-state index in [1.54, 1.807) is 6.07 Å². The molecule has 1 aromatic carbocycles. The van der Waals surface area contributed by atoms with E-state index in [1.807, 2.05) is 0 Å². The summed E-state index contributed by atoms with van der Waals surface area (Å²) in [6.07, 6.45) is 2.54. The van der Waals surface area contributed by atoms with E-state index >= 15 is 0 Å². The van der Waals surface area contributed by atoms with Crippen molar-refractivity contribution in [2.75, 3.05) is 19.8 Å². The quantitative estimate of drug-likeness (QED) is 0.862. The van der Waals surface area contributed by atoms with Gasteiger partial charge >= 0.3 is 0 Å². The number of sulfonamides is 1. The molecule has 7 heteroatoms. The molecule has 21 heavy (non-hydrogen) atoms. The van der Waals surface area contributed by atoms with Crippen LogP contribution in [0.5, 0.6) is 11.5 Å². The smallest absolute Gasteiger partial charge is 0.240 e. The minimum absolute atomic E-state index is 0.00279. The summed E-state index contributed by atoms with van der Waals surface area (Å²) in [4.78, 5) is 0.162. The van der Waals surface area contributed by atoms with Crippen molar-refractivity contribution in [3.63, 3.8) is 0 Å². The van der Waals surface area contributed by atoms with Crippen LogP contribution >= 0.6 is 0 Å². The van der Waals surface area contributed by atoms with Gasteiger partial charge in [-0.3, -0.25) is 0 Å². The molecule has 1 heterocycles. The monoisotopic (exact) mass is 313 g/mol. The topological polar surface area (TPSA) is 84.9 Å². The summed E-state index contributed by atoms with van der Waals surface area (Å²) in [6, 6.07) is 4.41. The van der Waals surface area contributed by atoms with E-state index in [9.17, 15) is 13.5 Å². The van der Waals surface area contributed by atoms with Crippen LogP contribution in [0.4, 0.5) is 0 Å². The number of hydrogen-bond donors (Lipinski definition) is 2. The van der Waals surface area contributed by atoms with Gasteiger partial charge in [0.15, 0.2) is 11.5 Å². The van der Waals surface area contributed by atoms with Crippen molar-refractivity contribution < 1.29 is 23.0 Å². The predicted octanol–water partition coefficient (Wildman–Crippen LogP) is 0.897. The molecule has 0 spiro atoms. The van der Waals surface area contributed by atoms with Crippen LogP contribution in [0.3, 0.4) is 0 Å². The first-order chi connectivity index (χ1) is 10.1. The van der Waals surface area contributed by atoms with Crippen molar-refractivity contribution in [3.05, 3.63) is 18.2 Å². The molecule has 0 bridgehead atoms. The van der Waals surface area contributed by atoms with E-state index in [-0.39, 0.29) is 23.5 Å². The van der Waals surface area contributed by atoms with Crippen molar-refractivity contribution in [2.24, 2.45) is 5.92 Å². The molecule has 1 saturated carbocycles. The highest BCUT2D eigenvalue weighted by molar-refractivity contribution is 7.89. The van der Waals surface area contributed by atoms with Gasteiger partial charge in [0.1, 0.15) is 13.2 Å². The number of fused-ring (bicyclic) bond motifs is 1. The molecule has 0 radical (unpaired) electrons. The van der Waals surface area contributed by atoms with Gasteiger partial charge in [0, 0.05) is 18.7 Å². The molecular weight excluding hydrogens is 294 g/mol. The van der Waals surface area contributed by atoms with Crippen molar-refractivity contribution >= 4 is 10.0 Å². The average molecular weight is 313 g/mol. The SMILES string of the molecule is O=S(=O)(NC1CCCC1CO)c1ccc2c(c1)OCCO2. The molecule has 0 amide bonds. The van der Waals surface area contributed by atoms with Crippen LogP contribution in [0.1, 0.15) is 19.3 Å². The van der Waals surface area contributed by atoms with Gasteiger partial charge in [0.05, 0.1) is 4.90 Å². The van der Waals surface area contributed by atoms with Crippen molar-refractivity contribution in [3.8, 4) is 11.5 Å². The Bertz CT molecular complexity index is 616. The van der Waals surface area contributed by atoms with E-state index in [0.29, 0.717) is 24.7 Å². The number of rotatable bonds is 4. The fourth-order valence-electron chi connectivity index (χ4n) is 2.87. The molecule has 116 valence electrons. The first-order valence-corrected chi connectivity index (χ1v) is 8.61. The molecule has 3 rings (SSSR count). The summed E-state index contributed by atoms with van der Waals surface area (Å²) >= 11 is 0. The maximum atomic E-state index is 12.4. The van der Waals surface area contributed by atoms with Crippen LogP contribution in [0.15, 0.2) is 23.1 Å². The predicted molar refractivity (Wildman–Crippen MR) is 76.0 cm³/mol. The molecule has 2 atom stereocenters. The third kappa shape index (κ3) is 3.00. The maximum absolute atomic E-state index is 12.4. The summed E-state index contributed by atoms with van der Waals surface area (Å²) in [5.74, 6) is 1.01. The zero-order chi connectivity index (χ0) is 14.9. The Morgan fingerprint density at radius 2 is 1.95 bits per heavy atom. The first kappa shape index (κ1) is 14.6. The largest absolute Gasteiger partial charge is 0.486 e. The van der Waals surface area contributed by atoms with Gasteiger partial charge in [0.25, 0.3) is 0 Å². The summed E-state index contributed by atoms with van der Waals surface area (Å²) in [6.45, 7) is 0.894. The van der Waals surface area contributed by atoms with Gasteiger partial charge in [-0.25, -0.2) is 13.1 Å². The summed E-state index contributed by atoms with van der Waals surface area (Å²) in [7, 11) is -3.62. The number of aliphatic hydroxyl groups excluding tert-OH is 1. The molecule has 2 aliphatic rings. The van der Waals surface area contributed by atoms with Crippen LogP contribution in [0, 0.1) is 5.92 Å². The molecule has 1 aromatic rings. The Morgan fingerprint density at radius 1 is 1.19 bits per heavy atom. The van der Waals surface area contributed by atoms with Crippen LogP contribution in [-0.4, -0.2) is 39.4 Å². The van der Waals surface area contributed by atoms with Crippen molar-refractivity contribution in [2.45, 2.75) is 30.2 Å². The zero-order valence-corrected chi connectivity index (χ0v) is 12.4. The third-order valence-corrected chi connectivity index (χ3v) is 5.51. The lowest BCUT2D eigenvalue weighted by Crippen LogP contribution is -2.38.